The molecule has 14 heteroatoms. The Morgan fingerprint density at radius 1 is 0.625 bits per heavy atom. The molecular weight excluding hydrogens is 630 g/mol. The number of hydrogen-bond donors (Lipinski definition) is 2. The molecule has 0 spiro atoms. The third-order valence-corrected chi connectivity index (χ3v) is 7.22. The minimum absolute atomic E-state index is 0.182. The number of ether oxygens (including phenoxy) is 7. The predicted octanol–water partition coefficient (Wildman–Crippen LogP) is 3.95. The first-order valence-corrected chi connectivity index (χ1v) is 16.3. The number of hydrogen-bond acceptors (Lipinski definition) is 14. The molecular formula is C34H65NO13. The number of methoxy groups -OCH3 is 1. The number of esters is 3. The molecule has 0 fully saturated rings. The molecule has 14 nitrogen and oxygen atoms in total. The van der Waals surface area contributed by atoms with Gasteiger partial charge in [0, 0.05) is 12.7 Å². The number of aliphatic hydroxyl groups excluding tert-OH is 1. The molecule has 0 rings (SSSR count). The van der Waals surface area contributed by atoms with Gasteiger partial charge in [0.15, 0.2) is 0 Å². The fourth-order valence-corrected chi connectivity index (χ4v) is 2.38. The molecule has 0 saturated heterocycles. The average Bonchev–Trinajstić information content (AvgIpc) is 3.06. The summed E-state index contributed by atoms with van der Waals surface area (Å²) in [5.41, 5.74) is -1.18. The van der Waals surface area contributed by atoms with Gasteiger partial charge in [-0.2, -0.15) is 5.90 Å². The number of carbonyl (C=O) groups is 4. The maximum Gasteiger partial charge on any atom is 0.333 e. The van der Waals surface area contributed by atoms with Gasteiger partial charge < -0.3 is 43.1 Å². The lowest BCUT2D eigenvalue weighted by Crippen LogP contribution is -2.31. The zero-order chi connectivity index (χ0) is 37.8. The van der Waals surface area contributed by atoms with Crippen LogP contribution in [0.15, 0.2) is 12.2 Å². The zero-order valence-electron chi connectivity index (χ0n) is 31.4. The highest BCUT2D eigenvalue weighted by atomic mass is 16.7. The van der Waals surface area contributed by atoms with E-state index in [0.29, 0.717) is 52.7 Å². The van der Waals surface area contributed by atoms with Gasteiger partial charge >= 0.3 is 23.9 Å². The molecule has 0 aromatic heterocycles. The summed E-state index contributed by atoms with van der Waals surface area (Å²) in [5.74, 6) is 3.19. The molecule has 0 aliphatic rings. The quantitative estimate of drug-likeness (QED) is 0.0514. The van der Waals surface area contributed by atoms with Crippen molar-refractivity contribution in [1.82, 2.24) is 0 Å². The number of rotatable bonds is 23. The molecule has 48 heavy (non-hydrogen) atoms. The Hall–Kier alpha value is -2.62. The number of aliphatic hydroxyl groups is 1. The van der Waals surface area contributed by atoms with Crippen LogP contribution in [0.5, 0.6) is 0 Å². The Balaban J connectivity index is -0.000000681. The van der Waals surface area contributed by atoms with Crippen LogP contribution in [0.2, 0.25) is 0 Å². The molecule has 0 aliphatic carbocycles. The second-order valence-electron chi connectivity index (χ2n) is 12.7. The van der Waals surface area contributed by atoms with Gasteiger partial charge in [-0.25, -0.2) is 9.59 Å². The van der Waals surface area contributed by atoms with E-state index in [4.69, 9.17) is 33.2 Å². The molecule has 1 unspecified atom stereocenters. The van der Waals surface area contributed by atoms with Crippen molar-refractivity contribution < 1.29 is 62.3 Å². The normalized spacial score (nSPS) is 11.9. The van der Waals surface area contributed by atoms with Gasteiger partial charge in [-0.1, -0.05) is 27.4 Å². The molecule has 0 saturated carbocycles. The first-order chi connectivity index (χ1) is 22.3. The molecule has 3 N–H and O–H groups in total. The first kappa shape index (κ1) is 49.8. The Bertz CT molecular complexity index is 903. The predicted molar refractivity (Wildman–Crippen MR) is 181 cm³/mol. The van der Waals surface area contributed by atoms with Gasteiger partial charge in [-0.05, 0) is 67.7 Å². The maximum atomic E-state index is 11.7. The van der Waals surface area contributed by atoms with E-state index < -0.39 is 28.3 Å². The molecule has 1 atom stereocenters. The minimum atomic E-state index is -1.02. The van der Waals surface area contributed by atoms with Crippen molar-refractivity contribution in [3.63, 3.8) is 0 Å². The monoisotopic (exact) mass is 695 g/mol. The van der Waals surface area contributed by atoms with Crippen LogP contribution in [0, 0.1) is 16.2 Å². The summed E-state index contributed by atoms with van der Waals surface area (Å²) in [5, 5.41) is 9.48. The van der Waals surface area contributed by atoms with Crippen LogP contribution in [0.25, 0.3) is 0 Å². The Kier molecular flexibility index (Phi) is 29.3. The largest absolute Gasteiger partial charge is 0.463 e. The van der Waals surface area contributed by atoms with Crippen molar-refractivity contribution in [2.75, 3.05) is 73.2 Å². The molecule has 0 amide bonds. The van der Waals surface area contributed by atoms with E-state index in [1.807, 2.05) is 34.6 Å². The maximum absolute atomic E-state index is 11.7. The SMILES string of the molecule is C=C(C)C(=O)OCC(O)COC(=O)C(C)(C)CC.CCC(C)(C)C(=O)OCCOCCOCCOCCOC.CCC(C)(C)C(=O)ON. The van der Waals surface area contributed by atoms with E-state index in [1.165, 1.54) is 6.92 Å². The second kappa shape index (κ2) is 28.2. The van der Waals surface area contributed by atoms with E-state index in [9.17, 15) is 24.3 Å². The molecule has 0 aromatic carbocycles. The van der Waals surface area contributed by atoms with Crippen LogP contribution in [0.4, 0.5) is 0 Å². The lowest BCUT2D eigenvalue weighted by atomic mass is 9.91. The van der Waals surface area contributed by atoms with Gasteiger partial charge in [0.1, 0.15) is 25.9 Å². The molecule has 0 bridgehead atoms. The summed E-state index contributed by atoms with van der Waals surface area (Å²) in [6.07, 6.45) is 1.12. The molecule has 0 aromatic rings. The molecule has 0 heterocycles. The van der Waals surface area contributed by atoms with E-state index in [1.54, 1.807) is 34.8 Å². The second-order valence-corrected chi connectivity index (χ2v) is 12.7. The lowest BCUT2D eigenvalue weighted by molar-refractivity contribution is -0.159. The van der Waals surface area contributed by atoms with Gasteiger partial charge in [-0.15, -0.1) is 0 Å². The minimum Gasteiger partial charge on any atom is -0.463 e. The van der Waals surface area contributed by atoms with Crippen LogP contribution in [0.1, 0.15) is 88.5 Å². The smallest absolute Gasteiger partial charge is 0.333 e. The fourth-order valence-electron chi connectivity index (χ4n) is 2.38. The summed E-state index contributed by atoms with van der Waals surface area (Å²) >= 11 is 0. The zero-order valence-corrected chi connectivity index (χ0v) is 31.4. The summed E-state index contributed by atoms with van der Waals surface area (Å²) in [6.45, 7) is 25.1. The van der Waals surface area contributed by atoms with Crippen molar-refractivity contribution >= 4 is 23.9 Å². The van der Waals surface area contributed by atoms with Crippen LogP contribution < -0.4 is 5.90 Å². The summed E-state index contributed by atoms with van der Waals surface area (Å²) in [6, 6.07) is 0. The van der Waals surface area contributed by atoms with Crippen LogP contribution in [0.3, 0.4) is 0 Å². The average molecular weight is 696 g/mol. The van der Waals surface area contributed by atoms with Gasteiger partial charge in [0.05, 0.1) is 62.5 Å². The number of carbonyl (C=O) groups excluding carboxylic acids is 4. The van der Waals surface area contributed by atoms with Gasteiger partial charge in [-0.3, -0.25) is 9.59 Å². The molecule has 0 aliphatic heterocycles. The highest BCUT2D eigenvalue weighted by molar-refractivity contribution is 5.86. The third-order valence-electron chi connectivity index (χ3n) is 7.22. The van der Waals surface area contributed by atoms with Gasteiger partial charge in [0.25, 0.3) is 0 Å². The van der Waals surface area contributed by atoms with Crippen LogP contribution in [-0.2, 0) is 57.2 Å². The van der Waals surface area contributed by atoms with Crippen molar-refractivity contribution in [1.29, 1.82) is 0 Å². The molecule has 0 radical (unpaired) electrons. The summed E-state index contributed by atoms with van der Waals surface area (Å²) < 4.78 is 35.5. The van der Waals surface area contributed by atoms with Crippen molar-refractivity contribution in [3.8, 4) is 0 Å². The highest BCUT2D eigenvalue weighted by Gasteiger charge is 2.28. The van der Waals surface area contributed by atoms with Crippen LogP contribution in [-0.4, -0.2) is 108 Å². The van der Waals surface area contributed by atoms with E-state index in [2.05, 4.69) is 17.3 Å². The Morgan fingerprint density at radius 3 is 1.33 bits per heavy atom. The topological polar surface area (TPSA) is 188 Å². The van der Waals surface area contributed by atoms with Crippen molar-refractivity contribution in [3.05, 3.63) is 12.2 Å². The Labute approximate surface area is 288 Å². The first-order valence-electron chi connectivity index (χ1n) is 16.3. The highest BCUT2D eigenvalue weighted by Crippen LogP contribution is 2.22. The summed E-state index contributed by atoms with van der Waals surface area (Å²) in [4.78, 5) is 49.1. The lowest BCUT2D eigenvalue weighted by Gasteiger charge is -2.21. The van der Waals surface area contributed by atoms with E-state index >= 15 is 0 Å². The van der Waals surface area contributed by atoms with Crippen molar-refractivity contribution in [2.45, 2.75) is 94.6 Å². The third kappa shape index (κ3) is 26.3. The summed E-state index contributed by atoms with van der Waals surface area (Å²) in [7, 11) is 1.64. The standard InChI is InChI=1S/C15H30O6.C13H22O5.C6H13NO2/c1-5-15(2,3)14(16)21-13-12-20-11-10-19-9-8-18-7-6-17-4;1-6-13(4,5)12(16)18-8-10(14)7-17-11(15)9(2)3;1-4-6(2,3)5(8)9-7/h5-13H2,1-4H3;10,14H,2,6-8H2,1,3-5H3;4,7H2,1-3H3. The van der Waals surface area contributed by atoms with Gasteiger partial charge in [0.2, 0.25) is 0 Å². The van der Waals surface area contributed by atoms with E-state index in [0.717, 1.165) is 12.8 Å². The van der Waals surface area contributed by atoms with E-state index in [-0.39, 0.29) is 43.3 Å². The fraction of sp³-hybridized carbons (Fsp3) is 0.824. The Morgan fingerprint density at radius 2 is 0.979 bits per heavy atom. The van der Waals surface area contributed by atoms with Crippen LogP contribution >= 0.6 is 0 Å². The number of nitrogens with two attached hydrogens (primary N) is 1. The molecule has 284 valence electrons. The van der Waals surface area contributed by atoms with Crippen molar-refractivity contribution in [2.24, 2.45) is 22.1 Å².